The number of carboxylic acids is 1. The Hall–Kier alpha value is -3.60. The summed E-state index contributed by atoms with van der Waals surface area (Å²) in [4.78, 5) is 48.1. The summed E-state index contributed by atoms with van der Waals surface area (Å²) >= 11 is 4.00. The molecule has 0 aliphatic carbocycles. The first kappa shape index (κ1) is 27.0. The van der Waals surface area contributed by atoms with Crippen LogP contribution in [0.15, 0.2) is 57.6 Å². The van der Waals surface area contributed by atoms with E-state index < -0.39 is 29.2 Å². The highest BCUT2D eigenvalue weighted by Gasteiger charge is 2.53. The van der Waals surface area contributed by atoms with E-state index in [-0.39, 0.29) is 35.4 Å². The van der Waals surface area contributed by atoms with E-state index in [1.165, 1.54) is 36.0 Å². The maximum atomic E-state index is 13.1. The Morgan fingerprint density at radius 2 is 2.26 bits per heavy atom. The Labute approximate surface area is 234 Å². The number of carbonyl (C=O) groups excluding carboxylic acids is 3. The number of aromatic nitrogens is 3. The van der Waals surface area contributed by atoms with E-state index in [4.69, 9.17) is 15.7 Å². The van der Waals surface area contributed by atoms with E-state index in [0.29, 0.717) is 17.1 Å². The molecular weight excluding hydrogens is 566 g/mol. The number of fused-ring (bicyclic) bond motifs is 2. The number of nitrogen functional groups attached to an aromatic ring is 1. The second kappa shape index (κ2) is 11.3. The standard InChI is InChI=1S/C23H23N7O6S3/c1-36-27-16(14-11-39-23(24)25-14)19(32)26-17-20(33)30-18(22(34)35)12(10-38-21(17)30)8-28-4-5-29-13(9-28)2-3-15(29)37-7-6-31/h2-5,9,11,17,21,31H,6-8,10H2,1H3,(H3-,24,25,26,32,34,35)/b27-16-/t17-,21-/m1/s1. The first-order valence-corrected chi connectivity index (χ1v) is 14.5. The summed E-state index contributed by atoms with van der Waals surface area (Å²) in [6.45, 7) is 0.312. The fourth-order valence-corrected chi connectivity index (χ4v) is 7.01. The predicted octanol–water partition coefficient (Wildman–Crippen LogP) is -1.20. The number of aliphatic hydroxyl groups is 1. The van der Waals surface area contributed by atoms with Crippen LogP contribution in [0.5, 0.6) is 0 Å². The normalized spacial score (nSPS) is 19.2. The lowest BCUT2D eigenvalue weighted by Gasteiger charge is -2.50. The topological polar surface area (TPSA) is 179 Å². The zero-order valence-electron chi connectivity index (χ0n) is 20.5. The molecule has 0 aromatic carbocycles. The molecule has 2 aliphatic heterocycles. The van der Waals surface area contributed by atoms with Crippen molar-refractivity contribution in [3.8, 4) is 0 Å². The monoisotopic (exact) mass is 589 g/mol. The average Bonchev–Trinajstić information content (AvgIpc) is 3.54. The van der Waals surface area contributed by atoms with Gasteiger partial charge in [-0.2, -0.15) is 4.57 Å². The van der Waals surface area contributed by atoms with E-state index in [0.717, 1.165) is 26.8 Å². The highest BCUT2D eigenvalue weighted by atomic mass is 32.2. The molecule has 16 heteroatoms. The molecule has 0 spiro atoms. The lowest BCUT2D eigenvalue weighted by molar-refractivity contribution is -0.688. The number of aliphatic hydroxyl groups excluding tert-OH is 1. The molecule has 0 saturated carbocycles. The molecule has 204 valence electrons. The number of carboxylic acid groups (broad SMARTS) is 1. The third kappa shape index (κ3) is 5.19. The molecule has 3 aromatic heterocycles. The number of thioether (sulfide) groups is 2. The SMILES string of the molecule is CO/N=C(\C(=O)N[C@@H]1C(=O)N2C(C(=O)[O-])=C(C[n+]3ccn4c(SCCO)ccc4c3)CS[C@H]12)c1csc(N)n1. The van der Waals surface area contributed by atoms with Crippen molar-refractivity contribution >= 4 is 69.0 Å². The molecule has 1 saturated heterocycles. The Balaban J connectivity index is 1.33. The van der Waals surface area contributed by atoms with Crippen LogP contribution in [-0.2, 0) is 25.8 Å². The number of oxime groups is 1. The van der Waals surface area contributed by atoms with E-state index in [2.05, 4.69) is 15.5 Å². The van der Waals surface area contributed by atoms with Gasteiger partial charge in [0.05, 0.1) is 29.5 Å². The summed E-state index contributed by atoms with van der Waals surface area (Å²) in [5.41, 5.74) is 6.93. The van der Waals surface area contributed by atoms with E-state index in [9.17, 15) is 19.5 Å². The van der Waals surface area contributed by atoms with Crippen LogP contribution in [0.2, 0.25) is 0 Å². The minimum Gasteiger partial charge on any atom is -0.543 e. The summed E-state index contributed by atoms with van der Waals surface area (Å²) in [6, 6.07) is 2.92. The van der Waals surface area contributed by atoms with Gasteiger partial charge in [-0.1, -0.05) is 5.16 Å². The highest BCUT2D eigenvalue weighted by Crippen LogP contribution is 2.40. The number of thiazole rings is 1. The number of hydrogen-bond donors (Lipinski definition) is 3. The zero-order valence-corrected chi connectivity index (χ0v) is 22.9. The van der Waals surface area contributed by atoms with Crippen molar-refractivity contribution in [2.45, 2.75) is 23.0 Å². The van der Waals surface area contributed by atoms with Gasteiger partial charge in [-0.05, 0) is 12.1 Å². The number of nitrogens with one attached hydrogen (secondary N) is 1. The number of carbonyl (C=O) groups is 3. The number of hydrogen-bond acceptors (Lipinski definition) is 12. The Morgan fingerprint density at radius 1 is 1.44 bits per heavy atom. The number of nitrogens with zero attached hydrogens (tertiary/aromatic N) is 5. The molecule has 13 nitrogen and oxygen atoms in total. The number of β-lactam (4-membered cyclic amide) rings is 1. The van der Waals surface area contributed by atoms with E-state index in [1.54, 1.807) is 0 Å². The van der Waals surface area contributed by atoms with Crippen molar-refractivity contribution in [2.24, 2.45) is 5.16 Å². The van der Waals surface area contributed by atoms with Crippen molar-refractivity contribution in [1.82, 2.24) is 19.6 Å². The van der Waals surface area contributed by atoms with Crippen molar-refractivity contribution in [2.75, 3.05) is 31.0 Å². The lowest BCUT2D eigenvalue weighted by Crippen LogP contribution is -2.71. The maximum Gasteiger partial charge on any atom is 0.276 e. The van der Waals surface area contributed by atoms with Gasteiger partial charge in [-0.3, -0.25) is 14.5 Å². The molecule has 0 unspecified atom stereocenters. The first-order chi connectivity index (χ1) is 18.8. The van der Waals surface area contributed by atoms with Gasteiger partial charge in [0.15, 0.2) is 29.8 Å². The fraction of sp³-hybridized carbons (Fsp3) is 0.304. The summed E-state index contributed by atoms with van der Waals surface area (Å²) in [7, 11) is 1.27. The van der Waals surface area contributed by atoms with Gasteiger partial charge < -0.3 is 35.3 Å². The molecule has 39 heavy (non-hydrogen) atoms. The molecule has 2 atom stereocenters. The van der Waals surface area contributed by atoms with E-state index in [1.807, 2.05) is 39.7 Å². The van der Waals surface area contributed by atoms with Gasteiger partial charge in [0.25, 0.3) is 11.8 Å². The van der Waals surface area contributed by atoms with Crippen molar-refractivity contribution < 1.29 is 34.0 Å². The molecule has 2 aliphatic rings. The molecule has 3 aromatic rings. The molecule has 5 heterocycles. The minimum absolute atomic E-state index is 0.0755. The number of amides is 2. The van der Waals surface area contributed by atoms with Gasteiger partial charge in [-0.15, -0.1) is 34.9 Å². The van der Waals surface area contributed by atoms with Crippen LogP contribution in [0.25, 0.3) is 5.52 Å². The molecule has 0 bridgehead atoms. The number of aliphatic carboxylic acids is 1. The second-order valence-electron chi connectivity index (χ2n) is 8.43. The number of nitrogens with two attached hydrogens (primary N) is 1. The zero-order chi connectivity index (χ0) is 27.7. The summed E-state index contributed by atoms with van der Waals surface area (Å²) in [5, 5.41) is 29.7. The fourth-order valence-electron chi connectivity index (χ4n) is 4.36. The largest absolute Gasteiger partial charge is 0.543 e. The highest BCUT2D eigenvalue weighted by molar-refractivity contribution is 8.00. The molecule has 2 amide bonds. The van der Waals surface area contributed by atoms with Gasteiger partial charge in [0.2, 0.25) is 0 Å². The Kier molecular flexibility index (Phi) is 7.79. The predicted molar refractivity (Wildman–Crippen MR) is 143 cm³/mol. The quantitative estimate of drug-likeness (QED) is 0.0856. The van der Waals surface area contributed by atoms with Crippen LogP contribution in [0, 0.1) is 0 Å². The van der Waals surface area contributed by atoms with Crippen molar-refractivity contribution in [3.63, 3.8) is 0 Å². The molecule has 0 radical (unpaired) electrons. The smallest absolute Gasteiger partial charge is 0.276 e. The first-order valence-electron chi connectivity index (χ1n) is 11.6. The molecule has 5 rings (SSSR count). The van der Waals surface area contributed by atoms with Crippen LogP contribution in [-0.4, -0.2) is 79.5 Å². The van der Waals surface area contributed by atoms with Crippen LogP contribution in [0.3, 0.4) is 0 Å². The van der Waals surface area contributed by atoms with Crippen LogP contribution in [0.1, 0.15) is 5.69 Å². The van der Waals surface area contributed by atoms with Crippen LogP contribution >= 0.6 is 34.9 Å². The summed E-state index contributed by atoms with van der Waals surface area (Å²) in [6.07, 6.45) is 5.56. The lowest BCUT2D eigenvalue weighted by atomic mass is 10.0. The molecular formula is C23H23N7O6S3. The van der Waals surface area contributed by atoms with E-state index >= 15 is 0 Å². The van der Waals surface area contributed by atoms with Crippen molar-refractivity contribution in [1.29, 1.82) is 0 Å². The molecule has 1 fully saturated rings. The third-order valence-corrected chi connectivity index (χ3v) is 9.05. The third-order valence-electron chi connectivity index (χ3n) is 6.02. The summed E-state index contributed by atoms with van der Waals surface area (Å²) in [5.74, 6) is -1.82. The van der Waals surface area contributed by atoms with Gasteiger partial charge in [-0.25, -0.2) is 4.98 Å². The Bertz CT molecular complexity index is 1520. The number of rotatable bonds is 10. The van der Waals surface area contributed by atoms with Crippen LogP contribution < -0.4 is 20.7 Å². The van der Waals surface area contributed by atoms with Crippen LogP contribution in [0.4, 0.5) is 5.13 Å². The minimum atomic E-state index is -1.46. The number of anilines is 1. The summed E-state index contributed by atoms with van der Waals surface area (Å²) < 4.78 is 3.81. The maximum absolute atomic E-state index is 13.1. The van der Waals surface area contributed by atoms with Gasteiger partial charge >= 0.3 is 0 Å². The van der Waals surface area contributed by atoms with Gasteiger partial charge in [0.1, 0.15) is 29.7 Å². The second-order valence-corrected chi connectivity index (χ2v) is 11.5. The van der Waals surface area contributed by atoms with Crippen molar-refractivity contribution in [3.05, 3.63) is 53.1 Å². The average molecular weight is 590 g/mol. The van der Waals surface area contributed by atoms with Gasteiger partial charge in [0, 0.05) is 22.5 Å². The Morgan fingerprint density at radius 3 is 2.95 bits per heavy atom. The molecule has 4 N–H and O–H groups in total.